The van der Waals surface area contributed by atoms with Gasteiger partial charge >= 0.3 is 0 Å². The fraction of sp³-hybridized carbons (Fsp3) is 0.130. The molecule has 2 heterocycles. The second kappa shape index (κ2) is 7.33. The molecule has 1 aliphatic carbocycles. The minimum absolute atomic E-state index is 0.0997. The molecule has 4 nitrogen and oxygen atoms in total. The van der Waals surface area contributed by atoms with Gasteiger partial charge in [-0.1, -0.05) is 35.9 Å². The Kier molecular flexibility index (Phi) is 4.52. The van der Waals surface area contributed by atoms with E-state index in [-0.39, 0.29) is 11.1 Å². The molecule has 0 aliphatic heterocycles. The van der Waals surface area contributed by atoms with Crippen molar-refractivity contribution in [1.82, 2.24) is 9.97 Å². The van der Waals surface area contributed by atoms with E-state index in [2.05, 4.69) is 44.9 Å². The average Bonchev–Trinajstić information content (AvgIpc) is 3.14. The molecule has 0 radical (unpaired) electrons. The van der Waals surface area contributed by atoms with Crippen molar-refractivity contribution in [1.29, 1.82) is 0 Å². The van der Waals surface area contributed by atoms with Crippen LogP contribution in [-0.2, 0) is 6.42 Å². The van der Waals surface area contributed by atoms with E-state index in [4.69, 9.17) is 11.6 Å². The van der Waals surface area contributed by atoms with Gasteiger partial charge in [-0.05, 0) is 54.3 Å². The second-order valence-electron chi connectivity index (χ2n) is 7.13. The first-order valence-electron chi connectivity index (χ1n) is 9.48. The fourth-order valence-corrected chi connectivity index (χ4v) is 3.97. The molecule has 6 heteroatoms. The minimum atomic E-state index is -0.459. The Balaban J connectivity index is 1.46. The van der Waals surface area contributed by atoms with Crippen molar-refractivity contribution in [2.24, 2.45) is 0 Å². The van der Waals surface area contributed by atoms with Crippen molar-refractivity contribution < 1.29 is 4.39 Å². The third-order valence-electron chi connectivity index (χ3n) is 5.28. The number of aryl methyl sites for hydroxylation is 1. The van der Waals surface area contributed by atoms with Gasteiger partial charge in [0.1, 0.15) is 11.6 Å². The molecular formula is C23H18ClFN4. The summed E-state index contributed by atoms with van der Waals surface area (Å²) in [4.78, 5) is 8.94. The van der Waals surface area contributed by atoms with Gasteiger partial charge in [0.25, 0.3) is 0 Å². The zero-order valence-corrected chi connectivity index (χ0v) is 16.2. The van der Waals surface area contributed by atoms with Crippen LogP contribution in [0.1, 0.15) is 23.6 Å². The smallest absolute Gasteiger partial charge is 0.143 e. The van der Waals surface area contributed by atoms with Gasteiger partial charge < -0.3 is 10.6 Å². The molecule has 1 atom stereocenters. The SMILES string of the molecule is Fc1cc(Nc2ccnc3cnc(N[C@@H]4CCc5ccccc54)cc23)ccc1Cl. The highest BCUT2D eigenvalue weighted by Crippen LogP contribution is 2.34. The first-order valence-corrected chi connectivity index (χ1v) is 9.86. The van der Waals surface area contributed by atoms with E-state index >= 15 is 0 Å². The summed E-state index contributed by atoms with van der Waals surface area (Å²) < 4.78 is 13.8. The maximum absolute atomic E-state index is 13.8. The fourth-order valence-electron chi connectivity index (χ4n) is 3.85. The van der Waals surface area contributed by atoms with Crippen LogP contribution in [-0.4, -0.2) is 9.97 Å². The maximum Gasteiger partial charge on any atom is 0.143 e. The lowest BCUT2D eigenvalue weighted by Gasteiger charge is -2.16. The van der Waals surface area contributed by atoms with Crippen LogP contribution in [0.3, 0.4) is 0 Å². The normalized spacial score (nSPS) is 15.3. The van der Waals surface area contributed by atoms with Gasteiger partial charge in [0.2, 0.25) is 0 Å². The van der Waals surface area contributed by atoms with Gasteiger partial charge in [0.05, 0.1) is 22.8 Å². The van der Waals surface area contributed by atoms with E-state index in [0.717, 1.165) is 35.2 Å². The largest absolute Gasteiger partial charge is 0.363 e. The van der Waals surface area contributed by atoms with E-state index in [9.17, 15) is 4.39 Å². The molecule has 0 fully saturated rings. The molecule has 29 heavy (non-hydrogen) atoms. The lowest BCUT2D eigenvalue weighted by atomic mass is 10.1. The van der Waals surface area contributed by atoms with Crippen LogP contribution in [0.4, 0.5) is 21.6 Å². The Hall–Kier alpha value is -3.18. The third kappa shape index (κ3) is 3.49. The van der Waals surface area contributed by atoms with Gasteiger partial charge in [0, 0.05) is 23.0 Å². The molecule has 0 spiro atoms. The van der Waals surface area contributed by atoms with Gasteiger partial charge in [0.15, 0.2) is 0 Å². The minimum Gasteiger partial charge on any atom is -0.363 e. The van der Waals surface area contributed by atoms with Crippen molar-refractivity contribution in [3.8, 4) is 0 Å². The molecule has 5 rings (SSSR count). The summed E-state index contributed by atoms with van der Waals surface area (Å²) in [7, 11) is 0. The number of benzene rings is 2. The van der Waals surface area contributed by atoms with Crippen LogP contribution in [0.2, 0.25) is 5.02 Å². The zero-order valence-electron chi connectivity index (χ0n) is 15.5. The molecule has 2 N–H and O–H groups in total. The number of aromatic nitrogens is 2. The van der Waals surface area contributed by atoms with E-state index in [1.165, 1.54) is 23.3 Å². The van der Waals surface area contributed by atoms with Crippen LogP contribution in [0, 0.1) is 5.82 Å². The Morgan fingerprint density at radius 1 is 1.03 bits per heavy atom. The van der Waals surface area contributed by atoms with Crippen molar-refractivity contribution in [2.45, 2.75) is 18.9 Å². The van der Waals surface area contributed by atoms with Gasteiger partial charge in [-0.25, -0.2) is 9.37 Å². The topological polar surface area (TPSA) is 49.8 Å². The number of halogens is 2. The van der Waals surface area contributed by atoms with Gasteiger partial charge in [-0.3, -0.25) is 4.98 Å². The molecule has 0 saturated carbocycles. The summed E-state index contributed by atoms with van der Waals surface area (Å²) in [6, 6.07) is 17.3. The second-order valence-corrected chi connectivity index (χ2v) is 7.54. The Morgan fingerprint density at radius 3 is 2.83 bits per heavy atom. The lowest BCUT2D eigenvalue weighted by molar-refractivity contribution is 0.629. The summed E-state index contributed by atoms with van der Waals surface area (Å²) in [6.07, 6.45) is 5.57. The van der Waals surface area contributed by atoms with Crippen LogP contribution in [0.15, 0.2) is 67.0 Å². The summed E-state index contributed by atoms with van der Waals surface area (Å²) in [5.41, 5.74) is 4.93. The van der Waals surface area contributed by atoms with Crippen LogP contribution >= 0.6 is 11.6 Å². The Bertz CT molecular complexity index is 1210. The average molecular weight is 405 g/mol. The number of nitrogens with zero attached hydrogens (tertiary/aromatic N) is 2. The first kappa shape index (κ1) is 17.9. The van der Waals surface area contributed by atoms with Crippen molar-refractivity contribution in [3.63, 3.8) is 0 Å². The van der Waals surface area contributed by atoms with Gasteiger partial charge in [-0.2, -0.15) is 0 Å². The molecule has 2 aromatic carbocycles. The van der Waals surface area contributed by atoms with Crippen LogP contribution in [0.25, 0.3) is 10.9 Å². The van der Waals surface area contributed by atoms with Crippen molar-refractivity contribution >= 4 is 39.7 Å². The van der Waals surface area contributed by atoms with Gasteiger partial charge in [-0.15, -0.1) is 0 Å². The number of nitrogens with one attached hydrogen (secondary N) is 2. The number of fused-ring (bicyclic) bond motifs is 2. The standard InChI is InChI=1S/C23H18ClFN4/c24-18-7-6-15(11-19(18)25)28-21-9-10-26-22-13-27-23(12-17(21)22)29-20-8-5-14-3-1-2-4-16(14)20/h1-4,6-7,9-13,20H,5,8H2,(H,26,28)(H,27,29)/t20-/m1/s1. The quantitative estimate of drug-likeness (QED) is 0.421. The summed E-state index contributed by atoms with van der Waals surface area (Å²) in [5.74, 6) is 0.330. The van der Waals surface area contributed by atoms with E-state index in [0.29, 0.717) is 5.69 Å². The number of anilines is 3. The summed E-state index contributed by atoms with van der Waals surface area (Å²) in [5, 5.41) is 7.82. The predicted molar refractivity (Wildman–Crippen MR) is 115 cm³/mol. The third-order valence-corrected chi connectivity index (χ3v) is 5.59. The molecule has 1 aliphatic rings. The highest BCUT2D eigenvalue weighted by Gasteiger charge is 2.22. The number of hydrogen-bond donors (Lipinski definition) is 2. The number of rotatable bonds is 4. The monoisotopic (exact) mass is 404 g/mol. The van der Waals surface area contributed by atoms with Crippen molar-refractivity contribution in [2.75, 3.05) is 10.6 Å². The molecule has 0 unspecified atom stereocenters. The maximum atomic E-state index is 13.8. The Labute approximate surface area is 172 Å². The molecule has 4 aromatic rings. The molecule has 144 valence electrons. The van der Waals surface area contributed by atoms with Crippen molar-refractivity contribution in [3.05, 3.63) is 89.0 Å². The molecule has 0 amide bonds. The predicted octanol–water partition coefficient (Wildman–Crippen LogP) is 6.27. The molecule has 0 bridgehead atoms. The molecule has 0 saturated heterocycles. The lowest BCUT2D eigenvalue weighted by Crippen LogP contribution is -2.08. The molecule has 2 aromatic heterocycles. The summed E-state index contributed by atoms with van der Waals surface area (Å²) in [6.45, 7) is 0. The zero-order chi connectivity index (χ0) is 19.8. The van der Waals surface area contributed by atoms with Crippen LogP contribution < -0.4 is 10.6 Å². The summed E-state index contributed by atoms with van der Waals surface area (Å²) >= 11 is 5.79. The number of hydrogen-bond acceptors (Lipinski definition) is 4. The highest BCUT2D eigenvalue weighted by molar-refractivity contribution is 6.30. The van der Waals surface area contributed by atoms with E-state index in [1.807, 2.05) is 12.1 Å². The van der Waals surface area contributed by atoms with E-state index in [1.54, 1.807) is 18.5 Å². The first-order chi connectivity index (χ1) is 14.2. The molecular weight excluding hydrogens is 387 g/mol. The highest BCUT2D eigenvalue weighted by atomic mass is 35.5. The van der Waals surface area contributed by atoms with Crippen LogP contribution in [0.5, 0.6) is 0 Å². The van der Waals surface area contributed by atoms with E-state index < -0.39 is 5.82 Å². The Morgan fingerprint density at radius 2 is 1.93 bits per heavy atom. The number of pyridine rings is 2.